The largest absolute Gasteiger partial charge is 0.492 e. The van der Waals surface area contributed by atoms with Crippen molar-refractivity contribution in [1.29, 1.82) is 5.26 Å². The molecule has 0 saturated carbocycles. The number of halogens is 5. The molecule has 1 atom stereocenters. The minimum absolute atomic E-state index is 0.0913. The van der Waals surface area contributed by atoms with Gasteiger partial charge in [-0.25, -0.2) is 0 Å². The van der Waals surface area contributed by atoms with E-state index in [1.54, 1.807) is 24.4 Å². The first-order chi connectivity index (χ1) is 28.0. The molecule has 7 rings (SSSR count). The number of hydrogen-bond donors (Lipinski definition) is 1. The Morgan fingerprint density at radius 1 is 0.897 bits per heavy atom. The first kappa shape index (κ1) is 40.8. The lowest BCUT2D eigenvalue weighted by molar-refractivity contribution is -0.137. The smallest absolute Gasteiger partial charge is 0.417 e. The van der Waals surface area contributed by atoms with E-state index >= 15 is 0 Å². The Morgan fingerprint density at radius 3 is 2.52 bits per heavy atom. The van der Waals surface area contributed by atoms with Crippen molar-refractivity contribution < 1.29 is 27.4 Å². The van der Waals surface area contributed by atoms with E-state index in [4.69, 9.17) is 37.4 Å². The molecule has 0 radical (unpaired) electrons. The highest BCUT2D eigenvalue weighted by Crippen LogP contribution is 2.39. The highest BCUT2D eigenvalue weighted by atomic mass is 35.5. The molecule has 10 nitrogen and oxygen atoms in total. The summed E-state index contributed by atoms with van der Waals surface area (Å²) in [6.07, 6.45) is 1.82. The number of benzene rings is 3. The third kappa shape index (κ3) is 9.65. The van der Waals surface area contributed by atoms with E-state index in [-0.39, 0.29) is 32.0 Å². The summed E-state index contributed by atoms with van der Waals surface area (Å²) in [6.45, 7) is 5.33. The predicted octanol–water partition coefficient (Wildman–Crippen LogP) is 9.47. The van der Waals surface area contributed by atoms with Crippen LogP contribution in [0, 0.1) is 24.2 Å². The molecule has 58 heavy (non-hydrogen) atoms. The second-order valence-electron chi connectivity index (χ2n) is 14.3. The standard InChI is InChI=1S/C43H40Cl2F3N7O3/c1-27-31(7-3-8-34(27)35-9-4-10-37(42(35)45)56-24-28-6-5-13-54(2)22-28)26-58-39-16-38(57-25-30-14-29(17-49)18-50-19-30)32(15-36(39)44)20-51-21-41-53-52-40-12-11-33(23-55(40)41)43(46,47)48/h3-4,7-12,14-16,18-19,23,28,51H,5-6,13,20-22,24-26H2,1-2H3. The fraction of sp³-hybridized carbons (Fsp3) is 0.302. The molecular formula is C43H40Cl2F3N7O3. The number of pyridine rings is 2. The van der Waals surface area contributed by atoms with Crippen molar-refractivity contribution in [3.05, 3.63) is 135 Å². The van der Waals surface area contributed by atoms with E-state index in [1.165, 1.54) is 16.7 Å². The molecule has 0 spiro atoms. The number of nitriles is 1. The van der Waals surface area contributed by atoms with Crippen molar-refractivity contribution in [3.63, 3.8) is 0 Å². The highest BCUT2D eigenvalue weighted by Gasteiger charge is 2.31. The Morgan fingerprint density at radius 2 is 1.71 bits per heavy atom. The number of aromatic nitrogens is 4. The second kappa shape index (κ2) is 18.0. The zero-order valence-corrected chi connectivity index (χ0v) is 33.3. The van der Waals surface area contributed by atoms with Gasteiger partial charge in [-0.15, -0.1) is 10.2 Å². The van der Waals surface area contributed by atoms with Crippen LogP contribution in [0.4, 0.5) is 13.2 Å². The quantitative estimate of drug-likeness (QED) is 0.115. The molecule has 0 aliphatic carbocycles. The number of nitrogens with zero attached hydrogens (tertiary/aromatic N) is 6. The van der Waals surface area contributed by atoms with Gasteiger partial charge in [0.2, 0.25) is 0 Å². The number of alkyl halides is 3. The second-order valence-corrected chi connectivity index (χ2v) is 15.1. The van der Waals surface area contributed by atoms with Crippen LogP contribution in [0.2, 0.25) is 10.0 Å². The topological polar surface area (TPSA) is 110 Å². The first-order valence-corrected chi connectivity index (χ1v) is 19.4. The maximum atomic E-state index is 13.4. The van der Waals surface area contributed by atoms with Crippen molar-refractivity contribution in [2.45, 2.75) is 52.2 Å². The molecule has 1 unspecified atom stereocenters. The van der Waals surface area contributed by atoms with Crippen LogP contribution in [0.3, 0.4) is 0 Å². The monoisotopic (exact) mass is 829 g/mol. The number of hydrogen-bond acceptors (Lipinski definition) is 9. The van der Waals surface area contributed by atoms with Gasteiger partial charge in [0.25, 0.3) is 0 Å². The highest BCUT2D eigenvalue weighted by molar-refractivity contribution is 6.35. The minimum atomic E-state index is -4.51. The summed E-state index contributed by atoms with van der Waals surface area (Å²) in [5.74, 6) is 2.21. The average molecular weight is 831 g/mol. The van der Waals surface area contributed by atoms with Crippen LogP contribution in [-0.4, -0.2) is 51.2 Å². The number of nitrogens with one attached hydrogen (secondary N) is 1. The molecule has 0 bridgehead atoms. The summed E-state index contributed by atoms with van der Waals surface area (Å²) in [6, 6.07) is 21.2. The zero-order valence-electron chi connectivity index (χ0n) is 31.8. The molecule has 300 valence electrons. The molecule has 3 aromatic heterocycles. The number of piperidine rings is 1. The van der Waals surface area contributed by atoms with Crippen LogP contribution >= 0.6 is 23.2 Å². The lowest BCUT2D eigenvalue weighted by Crippen LogP contribution is -2.34. The van der Waals surface area contributed by atoms with Gasteiger partial charge in [0, 0.05) is 60.4 Å². The minimum Gasteiger partial charge on any atom is -0.492 e. The number of likely N-dealkylation sites (tertiary alicyclic amines) is 1. The van der Waals surface area contributed by atoms with Crippen LogP contribution in [0.1, 0.15) is 52.0 Å². The zero-order chi connectivity index (χ0) is 40.8. The van der Waals surface area contributed by atoms with E-state index in [0.29, 0.717) is 62.3 Å². The van der Waals surface area contributed by atoms with E-state index < -0.39 is 11.7 Å². The van der Waals surface area contributed by atoms with E-state index in [1.807, 2.05) is 43.3 Å². The predicted molar refractivity (Wildman–Crippen MR) is 215 cm³/mol. The van der Waals surface area contributed by atoms with Gasteiger partial charge < -0.3 is 24.4 Å². The lowest BCUT2D eigenvalue weighted by atomic mass is 9.96. The molecule has 1 saturated heterocycles. The Balaban J connectivity index is 1.08. The number of ether oxygens (including phenoxy) is 3. The van der Waals surface area contributed by atoms with Gasteiger partial charge >= 0.3 is 6.18 Å². The molecule has 1 aliphatic rings. The van der Waals surface area contributed by atoms with Crippen LogP contribution in [0.15, 0.2) is 85.3 Å². The fourth-order valence-electron chi connectivity index (χ4n) is 7.02. The molecule has 15 heteroatoms. The molecule has 3 aromatic carbocycles. The summed E-state index contributed by atoms with van der Waals surface area (Å²) >= 11 is 13.8. The van der Waals surface area contributed by atoms with Gasteiger partial charge in [-0.1, -0.05) is 53.5 Å². The SMILES string of the molecule is Cc1c(COc2cc(OCc3cncc(C#N)c3)c(CNCc3nnc4ccc(C(F)(F)F)cn34)cc2Cl)cccc1-c1cccc(OCC2CCCN(C)C2)c1Cl. The Hall–Kier alpha value is -5.39. The van der Waals surface area contributed by atoms with E-state index in [2.05, 4.69) is 38.5 Å². The summed E-state index contributed by atoms with van der Waals surface area (Å²) < 4.78 is 60.4. The number of fused-ring (bicyclic) bond motifs is 1. The normalized spacial score (nSPS) is 14.7. The molecule has 1 aliphatic heterocycles. The molecule has 0 amide bonds. The van der Waals surface area contributed by atoms with Crippen molar-refractivity contribution >= 4 is 28.8 Å². The third-order valence-electron chi connectivity index (χ3n) is 10.1. The summed E-state index contributed by atoms with van der Waals surface area (Å²) in [5, 5.41) is 21.5. The van der Waals surface area contributed by atoms with Crippen LogP contribution in [0.5, 0.6) is 17.2 Å². The van der Waals surface area contributed by atoms with Gasteiger partial charge in [0.1, 0.15) is 36.5 Å². The van der Waals surface area contributed by atoms with Crippen LogP contribution in [0.25, 0.3) is 16.8 Å². The van der Waals surface area contributed by atoms with Gasteiger partial charge in [-0.3, -0.25) is 9.38 Å². The third-order valence-corrected chi connectivity index (χ3v) is 10.8. The molecule has 4 heterocycles. The molecular weight excluding hydrogens is 790 g/mol. The Bertz CT molecular complexity index is 2450. The van der Waals surface area contributed by atoms with Crippen molar-refractivity contribution in [2.24, 2.45) is 5.92 Å². The van der Waals surface area contributed by atoms with Crippen molar-refractivity contribution in [3.8, 4) is 34.4 Å². The van der Waals surface area contributed by atoms with Gasteiger partial charge in [-0.2, -0.15) is 18.4 Å². The van der Waals surface area contributed by atoms with Gasteiger partial charge in [0.05, 0.1) is 34.3 Å². The summed E-state index contributed by atoms with van der Waals surface area (Å²) in [5.41, 5.74) is 4.91. The number of rotatable bonds is 14. The Labute approximate surface area is 344 Å². The van der Waals surface area contributed by atoms with Gasteiger partial charge in [0.15, 0.2) is 11.5 Å². The van der Waals surface area contributed by atoms with Crippen molar-refractivity contribution in [2.75, 3.05) is 26.7 Å². The average Bonchev–Trinajstić information content (AvgIpc) is 3.62. The van der Waals surface area contributed by atoms with E-state index in [9.17, 15) is 18.4 Å². The van der Waals surface area contributed by atoms with E-state index in [0.717, 1.165) is 60.4 Å². The summed E-state index contributed by atoms with van der Waals surface area (Å²) in [4.78, 5) is 6.46. The first-order valence-electron chi connectivity index (χ1n) is 18.7. The lowest BCUT2D eigenvalue weighted by Gasteiger charge is -2.29. The molecule has 1 fully saturated rings. The van der Waals surface area contributed by atoms with Crippen LogP contribution in [-0.2, 0) is 32.5 Å². The molecule has 1 N–H and O–H groups in total. The summed E-state index contributed by atoms with van der Waals surface area (Å²) in [7, 11) is 2.14. The van der Waals surface area contributed by atoms with Crippen LogP contribution < -0.4 is 19.5 Å². The van der Waals surface area contributed by atoms with Gasteiger partial charge in [-0.05, 0) is 80.4 Å². The fourth-order valence-corrected chi connectivity index (χ4v) is 7.54. The maximum Gasteiger partial charge on any atom is 0.417 e. The van der Waals surface area contributed by atoms with Crippen molar-refractivity contribution in [1.82, 2.24) is 29.8 Å². The Kier molecular flexibility index (Phi) is 12.7. The maximum absolute atomic E-state index is 13.4. The molecule has 6 aromatic rings.